The van der Waals surface area contributed by atoms with Crippen molar-refractivity contribution in [2.45, 2.75) is 103 Å². The molecule has 0 bridgehead atoms. The van der Waals surface area contributed by atoms with Gasteiger partial charge in [-0.05, 0) is 31.1 Å². The summed E-state index contributed by atoms with van der Waals surface area (Å²) in [6.07, 6.45) is 21.5. The Morgan fingerprint density at radius 2 is 1.67 bits per heavy atom. The van der Waals surface area contributed by atoms with Gasteiger partial charge in [-0.3, -0.25) is 0 Å². The van der Waals surface area contributed by atoms with E-state index >= 15 is 0 Å². The molecular formula is C20H36O. The van der Waals surface area contributed by atoms with Gasteiger partial charge in [-0.15, -0.1) is 0 Å². The van der Waals surface area contributed by atoms with Crippen LogP contribution in [0.2, 0.25) is 0 Å². The molecule has 2 rings (SSSR count). The number of hydrogen-bond donors (Lipinski definition) is 0. The highest BCUT2D eigenvalue weighted by Crippen LogP contribution is 2.45. The topological polar surface area (TPSA) is 17.1 Å². The number of rotatable bonds is 8. The zero-order valence-corrected chi connectivity index (χ0v) is 14.2. The standard InChI is InChI=1S/C20H36O/c1-2-3-6-13-19(18-11-7-4-8-12-18)16-20(17-21)14-9-5-10-15-20/h17-19H,2-16H2,1H3. The summed E-state index contributed by atoms with van der Waals surface area (Å²) < 4.78 is 0. The van der Waals surface area contributed by atoms with Crippen LogP contribution in [0.1, 0.15) is 103 Å². The van der Waals surface area contributed by atoms with Gasteiger partial charge in [0, 0.05) is 5.41 Å². The van der Waals surface area contributed by atoms with Crippen LogP contribution in [0.25, 0.3) is 0 Å². The summed E-state index contributed by atoms with van der Waals surface area (Å²) in [5, 5.41) is 0. The third-order valence-corrected chi connectivity index (χ3v) is 6.26. The Morgan fingerprint density at radius 3 is 2.29 bits per heavy atom. The summed E-state index contributed by atoms with van der Waals surface area (Å²) in [6.45, 7) is 2.30. The Labute approximate surface area is 132 Å². The summed E-state index contributed by atoms with van der Waals surface area (Å²) in [4.78, 5) is 11.8. The molecule has 0 spiro atoms. The Hall–Kier alpha value is -0.330. The first-order chi connectivity index (χ1) is 10.3. The van der Waals surface area contributed by atoms with E-state index in [9.17, 15) is 4.79 Å². The monoisotopic (exact) mass is 292 g/mol. The van der Waals surface area contributed by atoms with Gasteiger partial charge in [-0.2, -0.15) is 0 Å². The maximum atomic E-state index is 11.8. The second kappa shape index (κ2) is 8.96. The van der Waals surface area contributed by atoms with Gasteiger partial charge in [0.1, 0.15) is 6.29 Å². The zero-order valence-electron chi connectivity index (χ0n) is 14.2. The molecule has 122 valence electrons. The number of carbonyl (C=O) groups is 1. The summed E-state index contributed by atoms with van der Waals surface area (Å²) in [7, 11) is 0. The fourth-order valence-corrected chi connectivity index (χ4v) is 4.91. The molecule has 2 saturated carbocycles. The molecule has 2 aliphatic carbocycles. The average molecular weight is 293 g/mol. The Morgan fingerprint density at radius 1 is 1.00 bits per heavy atom. The lowest BCUT2D eigenvalue weighted by atomic mass is 9.65. The molecule has 1 atom stereocenters. The third-order valence-electron chi connectivity index (χ3n) is 6.26. The second-order valence-electron chi connectivity index (χ2n) is 7.90. The van der Waals surface area contributed by atoms with E-state index in [1.807, 2.05) is 0 Å². The Kier molecular flexibility index (Phi) is 7.26. The van der Waals surface area contributed by atoms with Crippen LogP contribution < -0.4 is 0 Å². The van der Waals surface area contributed by atoms with Gasteiger partial charge >= 0.3 is 0 Å². The maximum absolute atomic E-state index is 11.8. The minimum Gasteiger partial charge on any atom is -0.303 e. The highest BCUT2D eigenvalue weighted by Gasteiger charge is 2.36. The largest absolute Gasteiger partial charge is 0.303 e. The number of carbonyl (C=O) groups excluding carboxylic acids is 1. The van der Waals surface area contributed by atoms with E-state index in [1.54, 1.807) is 0 Å². The predicted molar refractivity (Wildman–Crippen MR) is 90.4 cm³/mol. The molecule has 21 heavy (non-hydrogen) atoms. The van der Waals surface area contributed by atoms with Gasteiger partial charge in [0.2, 0.25) is 0 Å². The van der Waals surface area contributed by atoms with Crippen molar-refractivity contribution in [1.82, 2.24) is 0 Å². The SMILES string of the molecule is CCCCCC(CC1(C=O)CCCCC1)C1CCCCC1. The van der Waals surface area contributed by atoms with Gasteiger partial charge in [0.15, 0.2) is 0 Å². The molecule has 0 aromatic rings. The number of unbranched alkanes of at least 4 members (excludes halogenated alkanes) is 2. The van der Waals surface area contributed by atoms with Crippen LogP contribution in [-0.2, 0) is 4.79 Å². The van der Waals surface area contributed by atoms with Crippen LogP contribution in [0.5, 0.6) is 0 Å². The van der Waals surface area contributed by atoms with Crippen molar-refractivity contribution in [3.63, 3.8) is 0 Å². The quantitative estimate of drug-likeness (QED) is 0.379. The minimum atomic E-state index is 0.0621. The minimum absolute atomic E-state index is 0.0621. The predicted octanol–water partition coefficient (Wildman–Crippen LogP) is 6.30. The molecule has 0 amide bonds. The summed E-state index contributed by atoms with van der Waals surface area (Å²) in [6, 6.07) is 0. The fourth-order valence-electron chi connectivity index (χ4n) is 4.91. The van der Waals surface area contributed by atoms with Crippen molar-refractivity contribution in [1.29, 1.82) is 0 Å². The van der Waals surface area contributed by atoms with E-state index in [2.05, 4.69) is 6.92 Å². The van der Waals surface area contributed by atoms with E-state index in [1.165, 1.54) is 103 Å². The second-order valence-corrected chi connectivity index (χ2v) is 7.90. The van der Waals surface area contributed by atoms with Crippen molar-refractivity contribution in [2.75, 3.05) is 0 Å². The zero-order chi connectivity index (χ0) is 15.0. The first kappa shape index (κ1) is 17.0. The van der Waals surface area contributed by atoms with E-state index in [0.717, 1.165) is 11.8 Å². The van der Waals surface area contributed by atoms with Crippen LogP contribution >= 0.6 is 0 Å². The molecule has 1 unspecified atom stereocenters. The molecule has 0 aromatic carbocycles. The van der Waals surface area contributed by atoms with Crippen molar-refractivity contribution in [3.05, 3.63) is 0 Å². The van der Waals surface area contributed by atoms with Crippen molar-refractivity contribution < 1.29 is 4.79 Å². The number of hydrogen-bond acceptors (Lipinski definition) is 1. The third kappa shape index (κ3) is 5.11. The molecule has 2 aliphatic rings. The summed E-state index contributed by atoms with van der Waals surface area (Å²) in [5.74, 6) is 1.76. The van der Waals surface area contributed by atoms with E-state index in [0.29, 0.717) is 0 Å². The number of aldehydes is 1. The fraction of sp³-hybridized carbons (Fsp3) is 0.950. The Bertz CT molecular complexity index is 284. The Balaban J connectivity index is 1.96. The van der Waals surface area contributed by atoms with Gasteiger partial charge in [-0.1, -0.05) is 84.0 Å². The van der Waals surface area contributed by atoms with Crippen LogP contribution in [-0.4, -0.2) is 6.29 Å². The van der Waals surface area contributed by atoms with Gasteiger partial charge in [0.25, 0.3) is 0 Å². The summed E-state index contributed by atoms with van der Waals surface area (Å²) in [5.41, 5.74) is 0.0621. The molecule has 0 heterocycles. The molecule has 0 aliphatic heterocycles. The van der Waals surface area contributed by atoms with Gasteiger partial charge in [0.05, 0.1) is 0 Å². The normalized spacial score (nSPS) is 24.6. The van der Waals surface area contributed by atoms with E-state index < -0.39 is 0 Å². The lowest BCUT2D eigenvalue weighted by Gasteiger charge is -2.39. The maximum Gasteiger partial charge on any atom is 0.126 e. The van der Waals surface area contributed by atoms with Crippen LogP contribution in [0.4, 0.5) is 0 Å². The molecule has 1 nitrogen and oxygen atoms in total. The van der Waals surface area contributed by atoms with Crippen LogP contribution in [0, 0.1) is 17.3 Å². The van der Waals surface area contributed by atoms with E-state index in [4.69, 9.17) is 0 Å². The van der Waals surface area contributed by atoms with Gasteiger partial charge < -0.3 is 4.79 Å². The first-order valence-electron chi connectivity index (χ1n) is 9.76. The molecule has 2 fully saturated rings. The molecular weight excluding hydrogens is 256 g/mol. The first-order valence-corrected chi connectivity index (χ1v) is 9.76. The molecule has 0 aromatic heterocycles. The smallest absolute Gasteiger partial charge is 0.126 e. The van der Waals surface area contributed by atoms with Crippen molar-refractivity contribution in [2.24, 2.45) is 17.3 Å². The highest BCUT2D eigenvalue weighted by atomic mass is 16.1. The lowest BCUT2D eigenvalue weighted by molar-refractivity contribution is -0.119. The lowest BCUT2D eigenvalue weighted by Crippen LogP contribution is -2.32. The van der Waals surface area contributed by atoms with Crippen LogP contribution in [0.15, 0.2) is 0 Å². The van der Waals surface area contributed by atoms with Crippen LogP contribution in [0.3, 0.4) is 0 Å². The molecule has 0 saturated heterocycles. The van der Waals surface area contributed by atoms with Gasteiger partial charge in [-0.25, -0.2) is 0 Å². The summed E-state index contributed by atoms with van der Waals surface area (Å²) >= 11 is 0. The molecule has 1 heteroatoms. The average Bonchev–Trinajstić information content (AvgIpc) is 2.56. The highest BCUT2D eigenvalue weighted by molar-refractivity contribution is 5.59. The van der Waals surface area contributed by atoms with Crippen molar-refractivity contribution in [3.8, 4) is 0 Å². The van der Waals surface area contributed by atoms with E-state index in [-0.39, 0.29) is 5.41 Å². The molecule has 0 N–H and O–H groups in total. The van der Waals surface area contributed by atoms with Crippen molar-refractivity contribution >= 4 is 6.29 Å². The molecule has 0 radical (unpaired) electrons.